The highest BCUT2D eigenvalue weighted by Crippen LogP contribution is 2.46. The van der Waals surface area contributed by atoms with Crippen LogP contribution in [0, 0.1) is 11.8 Å². The minimum absolute atomic E-state index is 0.0427. The molecule has 20 heavy (non-hydrogen) atoms. The van der Waals surface area contributed by atoms with Crippen molar-refractivity contribution in [1.29, 1.82) is 0 Å². The van der Waals surface area contributed by atoms with Crippen molar-refractivity contribution in [3.63, 3.8) is 0 Å². The second-order valence-electron chi connectivity index (χ2n) is 4.84. The van der Waals surface area contributed by atoms with E-state index in [2.05, 4.69) is 37.6 Å². The molecule has 0 aromatic carbocycles. The van der Waals surface area contributed by atoms with Crippen LogP contribution in [0.4, 0.5) is 0 Å². The lowest BCUT2D eigenvalue weighted by Crippen LogP contribution is -2.35. The van der Waals surface area contributed by atoms with Crippen molar-refractivity contribution in [2.75, 3.05) is 4.43 Å². The zero-order valence-electron chi connectivity index (χ0n) is 11.0. The Kier molecular flexibility index (Phi) is 4.21. The Morgan fingerprint density at radius 2 is 2.30 bits per heavy atom. The van der Waals surface area contributed by atoms with Crippen molar-refractivity contribution in [3.05, 3.63) is 43.5 Å². The van der Waals surface area contributed by atoms with Crippen molar-refractivity contribution >= 4 is 22.6 Å². The van der Waals surface area contributed by atoms with Gasteiger partial charge in [-0.15, -0.1) is 0 Å². The van der Waals surface area contributed by atoms with E-state index in [1.54, 1.807) is 0 Å². The topological polar surface area (TPSA) is 113 Å². The van der Waals surface area contributed by atoms with Gasteiger partial charge in [0, 0.05) is 27.5 Å². The van der Waals surface area contributed by atoms with E-state index in [4.69, 9.17) is 10.3 Å². The van der Waals surface area contributed by atoms with E-state index >= 15 is 0 Å². The largest absolute Gasteiger partial charge is 0.344 e. The van der Waals surface area contributed by atoms with Crippen LogP contribution in [0.3, 0.4) is 0 Å². The number of aromatic nitrogens is 2. The molecule has 9 heteroatoms. The molecule has 0 aliphatic carbocycles. The summed E-state index contributed by atoms with van der Waals surface area (Å²) in [7, 11) is 0. The number of aromatic amines is 1. The zero-order valence-corrected chi connectivity index (χ0v) is 13.1. The summed E-state index contributed by atoms with van der Waals surface area (Å²) in [4.78, 5) is 28.0. The van der Waals surface area contributed by atoms with E-state index in [9.17, 15) is 9.59 Å². The molecule has 0 bridgehead atoms. The van der Waals surface area contributed by atoms with Gasteiger partial charge in [-0.05, 0) is 11.4 Å². The highest BCUT2D eigenvalue weighted by Gasteiger charge is 2.50. The third-order valence-electron chi connectivity index (χ3n) is 3.81. The number of hydrogen-bond acceptors (Lipinski definition) is 4. The van der Waals surface area contributed by atoms with Gasteiger partial charge in [-0.1, -0.05) is 41.6 Å². The van der Waals surface area contributed by atoms with Gasteiger partial charge in [0.2, 0.25) is 0 Å². The van der Waals surface area contributed by atoms with Crippen LogP contribution < -0.4 is 11.2 Å². The average Bonchev–Trinajstić information content (AvgIpc) is 2.65. The van der Waals surface area contributed by atoms with Crippen LogP contribution in [-0.2, 0) is 4.74 Å². The van der Waals surface area contributed by atoms with Crippen molar-refractivity contribution in [3.8, 4) is 0 Å². The predicted molar refractivity (Wildman–Crippen MR) is 80.5 cm³/mol. The van der Waals surface area contributed by atoms with Crippen LogP contribution in [-0.4, -0.2) is 19.7 Å². The molecular weight excluding hydrogens is 377 g/mol. The van der Waals surface area contributed by atoms with E-state index < -0.39 is 23.2 Å². The Labute approximate surface area is 127 Å². The molecule has 0 saturated carbocycles. The van der Waals surface area contributed by atoms with Crippen molar-refractivity contribution < 1.29 is 4.74 Å². The second kappa shape index (κ2) is 5.58. The number of azide groups is 1. The molecule has 1 N–H and O–H groups in total. The first-order valence-corrected chi connectivity index (χ1v) is 7.59. The van der Waals surface area contributed by atoms with Gasteiger partial charge in [0.25, 0.3) is 5.56 Å². The maximum atomic E-state index is 11.9. The first-order valence-electron chi connectivity index (χ1n) is 6.06. The van der Waals surface area contributed by atoms with Gasteiger partial charge in [-0.3, -0.25) is 14.3 Å². The quantitative estimate of drug-likeness (QED) is 0.279. The average molecular weight is 391 g/mol. The molecule has 1 fully saturated rings. The summed E-state index contributed by atoms with van der Waals surface area (Å²) in [5, 5.41) is 3.79. The fourth-order valence-corrected chi connectivity index (χ4v) is 3.42. The number of nitrogens with one attached hydrogen (secondary N) is 1. The van der Waals surface area contributed by atoms with Crippen molar-refractivity contribution in [2.24, 2.45) is 17.0 Å². The third-order valence-corrected chi connectivity index (χ3v) is 4.90. The van der Waals surface area contributed by atoms with E-state index in [1.165, 1.54) is 16.8 Å². The van der Waals surface area contributed by atoms with Gasteiger partial charge in [0.05, 0.1) is 0 Å². The van der Waals surface area contributed by atoms with Gasteiger partial charge < -0.3 is 4.74 Å². The van der Waals surface area contributed by atoms with Gasteiger partial charge in [-0.25, -0.2) is 4.79 Å². The van der Waals surface area contributed by atoms with Gasteiger partial charge in [-0.2, -0.15) is 0 Å². The molecule has 4 atom stereocenters. The van der Waals surface area contributed by atoms with E-state index in [1.807, 2.05) is 13.8 Å². The number of nitrogens with zero attached hydrogens (tertiary/aromatic N) is 4. The molecule has 1 aromatic heterocycles. The van der Waals surface area contributed by atoms with Gasteiger partial charge in [0.1, 0.15) is 6.23 Å². The highest BCUT2D eigenvalue weighted by molar-refractivity contribution is 14.1. The third kappa shape index (κ3) is 2.36. The summed E-state index contributed by atoms with van der Waals surface area (Å²) in [6.45, 7) is 3.85. The summed E-state index contributed by atoms with van der Waals surface area (Å²) in [5.74, 6) is -0.0991. The molecule has 2 rings (SSSR count). The molecule has 1 aliphatic heterocycles. The summed E-state index contributed by atoms with van der Waals surface area (Å²) in [5.41, 5.74) is 6.76. The fraction of sp³-hybridized carbons (Fsp3) is 0.636. The van der Waals surface area contributed by atoms with Crippen LogP contribution in [0.25, 0.3) is 10.4 Å². The minimum Gasteiger partial charge on any atom is -0.344 e. The molecule has 1 saturated heterocycles. The van der Waals surface area contributed by atoms with Crippen LogP contribution in [0.2, 0.25) is 0 Å². The summed E-state index contributed by atoms with van der Waals surface area (Å²) in [6.07, 6.45) is 0.823. The van der Waals surface area contributed by atoms with Crippen LogP contribution >= 0.6 is 22.6 Å². The number of alkyl halides is 1. The molecule has 2 heterocycles. The number of rotatable bonds is 3. The zero-order chi connectivity index (χ0) is 14.9. The maximum absolute atomic E-state index is 11.9. The fourth-order valence-electron chi connectivity index (χ4n) is 2.39. The van der Waals surface area contributed by atoms with E-state index in [0.717, 1.165) is 0 Å². The summed E-state index contributed by atoms with van der Waals surface area (Å²) in [6, 6.07) is 1.26. The Bertz CT molecular complexity index is 665. The lowest BCUT2D eigenvalue weighted by Gasteiger charge is -2.25. The molecule has 8 nitrogen and oxygen atoms in total. The SMILES string of the molecule is CC1C(n2ccc(=O)[nH]c2=O)OC(CI)(N=[N+]=[N-])C1C. The minimum atomic E-state index is -0.977. The number of ether oxygens (including phenoxy) is 1. The molecule has 4 unspecified atom stereocenters. The normalized spacial score (nSPS) is 32.9. The highest BCUT2D eigenvalue weighted by atomic mass is 127. The van der Waals surface area contributed by atoms with Gasteiger partial charge in [0.15, 0.2) is 5.72 Å². The van der Waals surface area contributed by atoms with Crippen molar-refractivity contribution in [2.45, 2.75) is 25.8 Å². The molecule has 0 amide bonds. The Morgan fingerprint density at radius 1 is 1.60 bits per heavy atom. The standard InChI is InChI=1S/C11H14IN5O3/c1-6-7(2)11(5-12,15-16-13)20-9(6)17-4-3-8(18)14-10(17)19/h3-4,6-7,9H,5H2,1-2H3,(H,14,18,19). The number of hydrogen-bond donors (Lipinski definition) is 1. The monoisotopic (exact) mass is 391 g/mol. The van der Waals surface area contributed by atoms with Crippen LogP contribution in [0.15, 0.2) is 27.0 Å². The Hall–Kier alpha value is -1.32. The number of H-pyrrole nitrogens is 1. The van der Waals surface area contributed by atoms with E-state index in [0.29, 0.717) is 4.43 Å². The predicted octanol–water partition coefficient (Wildman–Crippen LogP) is 1.78. The molecule has 0 radical (unpaired) electrons. The smallest absolute Gasteiger partial charge is 0.330 e. The maximum Gasteiger partial charge on any atom is 0.330 e. The first kappa shape index (κ1) is 15.1. The number of halogens is 1. The first-order chi connectivity index (χ1) is 9.45. The van der Waals surface area contributed by atoms with Crippen LogP contribution in [0.5, 0.6) is 0 Å². The van der Waals surface area contributed by atoms with Crippen molar-refractivity contribution in [1.82, 2.24) is 9.55 Å². The van der Waals surface area contributed by atoms with Gasteiger partial charge >= 0.3 is 5.69 Å². The molecule has 1 aromatic rings. The molecular formula is C11H14IN5O3. The lowest BCUT2D eigenvalue weighted by molar-refractivity contribution is -0.0682. The molecule has 1 aliphatic rings. The molecule has 108 valence electrons. The molecule has 0 spiro atoms. The Balaban J connectivity index is 2.47. The summed E-state index contributed by atoms with van der Waals surface area (Å²) < 4.78 is 7.69. The van der Waals surface area contributed by atoms with Crippen LogP contribution in [0.1, 0.15) is 20.1 Å². The van der Waals surface area contributed by atoms with E-state index in [-0.39, 0.29) is 11.8 Å². The lowest BCUT2D eigenvalue weighted by atomic mass is 9.90. The second-order valence-corrected chi connectivity index (χ2v) is 5.60. The summed E-state index contributed by atoms with van der Waals surface area (Å²) >= 11 is 2.10. The Morgan fingerprint density at radius 3 is 2.85 bits per heavy atom.